The van der Waals surface area contributed by atoms with Crippen molar-refractivity contribution in [2.45, 2.75) is 50.9 Å². The first-order valence-corrected chi connectivity index (χ1v) is 15.4. The third-order valence-corrected chi connectivity index (χ3v) is 9.05. The maximum Gasteiger partial charge on any atom is 0.416 e. The number of likely N-dealkylation sites (N-methyl/N-ethyl adjacent to an activating group) is 1. The van der Waals surface area contributed by atoms with Gasteiger partial charge in [-0.2, -0.15) is 13.2 Å². The third kappa shape index (κ3) is 7.33. The van der Waals surface area contributed by atoms with Crippen molar-refractivity contribution in [3.05, 3.63) is 65.0 Å². The number of para-hydroxylation sites is 1. The number of urea groups is 1. The van der Waals surface area contributed by atoms with Crippen molar-refractivity contribution in [2.75, 3.05) is 36.8 Å². The molecular weight excluding hydrogens is 619 g/mol. The Kier molecular flexibility index (Phi) is 9.68. The highest BCUT2D eigenvalue weighted by Gasteiger charge is 2.36. The van der Waals surface area contributed by atoms with Gasteiger partial charge >= 0.3 is 12.2 Å². The van der Waals surface area contributed by atoms with Crippen LogP contribution in [0.15, 0.2) is 51.9 Å². The van der Waals surface area contributed by atoms with Crippen molar-refractivity contribution in [2.24, 2.45) is 5.92 Å². The molecule has 3 N–H and O–H groups in total. The van der Waals surface area contributed by atoms with Crippen LogP contribution in [-0.4, -0.2) is 79.3 Å². The van der Waals surface area contributed by atoms with Crippen molar-refractivity contribution in [3.63, 3.8) is 0 Å². The Labute approximate surface area is 258 Å². The maximum absolute atomic E-state index is 13.7. The number of aliphatic hydroxyl groups excluding tert-OH is 1. The highest BCUT2D eigenvalue weighted by Crippen LogP contribution is 2.37. The van der Waals surface area contributed by atoms with E-state index in [2.05, 4.69) is 15.2 Å². The van der Waals surface area contributed by atoms with Crippen LogP contribution in [0.4, 0.5) is 29.3 Å². The molecule has 2 aromatic carbocycles. The molecule has 0 radical (unpaired) electrons. The summed E-state index contributed by atoms with van der Waals surface area (Å²) in [6.45, 7) is 6.09. The molecule has 1 aliphatic rings. The van der Waals surface area contributed by atoms with E-state index in [1.807, 2.05) is 0 Å². The lowest BCUT2D eigenvalue weighted by molar-refractivity contribution is -0.137. The molecule has 4 rings (SSSR count). The van der Waals surface area contributed by atoms with Gasteiger partial charge < -0.3 is 29.5 Å². The molecule has 3 aromatic rings. The van der Waals surface area contributed by atoms with E-state index in [-0.39, 0.29) is 58.7 Å². The Morgan fingerprint density at radius 3 is 2.44 bits per heavy atom. The van der Waals surface area contributed by atoms with Crippen molar-refractivity contribution in [1.82, 2.24) is 15.0 Å². The second-order valence-corrected chi connectivity index (χ2v) is 12.6. The molecule has 1 aromatic heterocycles. The highest BCUT2D eigenvalue weighted by atomic mass is 32.2. The van der Waals surface area contributed by atoms with Crippen LogP contribution in [-0.2, 0) is 16.2 Å². The summed E-state index contributed by atoms with van der Waals surface area (Å²) in [5, 5.41) is 16.1. The number of hydrogen-bond acceptors (Lipinski definition) is 8. The van der Waals surface area contributed by atoms with Crippen molar-refractivity contribution < 1.29 is 45.5 Å². The predicted octanol–water partition coefficient (Wildman–Crippen LogP) is 4.50. The van der Waals surface area contributed by atoms with Gasteiger partial charge in [-0.25, -0.2) is 13.2 Å². The lowest BCUT2D eigenvalue weighted by Gasteiger charge is -2.38. The van der Waals surface area contributed by atoms with Crippen LogP contribution < -0.4 is 14.8 Å². The van der Waals surface area contributed by atoms with E-state index in [1.165, 1.54) is 48.9 Å². The SMILES string of the molecule is Cc1noc(C)c1S(=O)(=O)Nc1cccc2c1O[C@H](CN(C)C(=O)Nc1ccc(C(F)(F)F)cc1)[C@H](C)CN([C@@H](C)CO)C2=O. The van der Waals surface area contributed by atoms with Crippen LogP contribution in [0, 0.1) is 19.8 Å². The summed E-state index contributed by atoms with van der Waals surface area (Å²) in [7, 11) is -2.79. The third-order valence-electron chi connectivity index (χ3n) is 7.44. The summed E-state index contributed by atoms with van der Waals surface area (Å²) in [4.78, 5) is 29.3. The fourth-order valence-electron chi connectivity index (χ4n) is 4.91. The molecule has 0 bridgehead atoms. The number of amides is 3. The van der Waals surface area contributed by atoms with E-state index in [9.17, 15) is 36.3 Å². The lowest BCUT2D eigenvalue weighted by atomic mass is 9.99. The number of rotatable bonds is 8. The van der Waals surface area contributed by atoms with Gasteiger partial charge in [-0.1, -0.05) is 18.1 Å². The van der Waals surface area contributed by atoms with Gasteiger partial charge in [0.2, 0.25) is 0 Å². The van der Waals surface area contributed by atoms with Crippen LogP contribution in [0.5, 0.6) is 5.75 Å². The first-order chi connectivity index (χ1) is 21.0. The molecule has 0 unspecified atom stereocenters. The number of carbonyl (C=O) groups is 2. The van der Waals surface area contributed by atoms with E-state index in [4.69, 9.17) is 9.26 Å². The number of nitrogens with one attached hydrogen (secondary N) is 2. The van der Waals surface area contributed by atoms with E-state index in [1.54, 1.807) is 13.8 Å². The average molecular weight is 654 g/mol. The van der Waals surface area contributed by atoms with Crippen LogP contribution in [0.2, 0.25) is 0 Å². The summed E-state index contributed by atoms with van der Waals surface area (Å²) in [5.41, 5.74) is -0.606. The van der Waals surface area contributed by atoms with Gasteiger partial charge in [-0.15, -0.1) is 0 Å². The summed E-state index contributed by atoms with van der Waals surface area (Å²) >= 11 is 0. The molecule has 16 heteroatoms. The predicted molar refractivity (Wildman–Crippen MR) is 157 cm³/mol. The molecule has 0 fully saturated rings. The van der Waals surface area contributed by atoms with Crippen molar-refractivity contribution in [3.8, 4) is 5.75 Å². The zero-order valence-corrected chi connectivity index (χ0v) is 26.0. The minimum atomic E-state index is -4.52. The summed E-state index contributed by atoms with van der Waals surface area (Å²) < 4.78 is 79.4. The number of aliphatic hydroxyl groups is 1. The van der Waals surface area contributed by atoms with Crippen LogP contribution in [0.3, 0.4) is 0 Å². The van der Waals surface area contributed by atoms with Gasteiger partial charge in [0.05, 0.1) is 36.0 Å². The van der Waals surface area contributed by atoms with Gasteiger partial charge in [0.1, 0.15) is 11.8 Å². The first-order valence-electron chi connectivity index (χ1n) is 13.9. The highest BCUT2D eigenvalue weighted by molar-refractivity contribution is 7.92. The molecule has 12 nitrogen and oxygen atoms in total. The van der Waals surface area contributed by atoms with E-state index in [0.29, 0.717) is 0 Å². The quantitative estimate of drug-likeness (QED) is 0.321. The van der Waals surface area contributed by atoms with Crippen LogP contribution >= 0.6 is 0 Å². The Morgan fingerprint density at radius 1 is 1.20 bits per heavy atom. The first kappa shape index (κ1) is 33.6. The summed E-state index contributed by atoms with van der Waals surface area (Å²) in [6, 6.07) is 7.11. The zero-order chi connectivity index (χ0) is 33.3. The Bertz CT molecular complexity index is 1640. The Balaban J connectivity index is 1.66. The largest absolute Gasteiger partial charge is 0.485 e. The van der Waals surface area contributed by atoms with Crippen LogP contribution in [0.25, 0.3) is 0 Å². The Morgan fingerprint density at radius 2 is 1.87 bits per heavy atom. The fraction of sp³-hybridized carbons (Fsp3) is 0.414. The summed E-state index contributed by atoms with van der Waals surface area (Å²) in [5.74, 6) is -0.958. The van der Waals surface area contributed by atoms with Gasteiger partial charge in [0, 0.05) is 25.2 Å². The summed E-state index contributed by atoms with van der Waals surface area (Å²) in [6.07, 6.45) is -5.33. The number of alkyl halides is 3. The number of halogens is 3. The average Bonchev–Trinajstić information content (AvgIpc) is 3.32. The number of nitrogens with zero attached hydrogens (tertiary/aromatic N) is 3. The number of sulfonamides is 1. The number of hydrogen-bond donors (Lipinski definition) is 3. The smallest absolute Gasteiger partial charge is 0.416 e. The second kappa shape index (κ2) is 13.0. The number of ether oxygens (including phenoxy) is 1. The van der Waals surface area contributed by atoms with Crippen molar-refractivity contribution in [1.29, 1.82) is 0 Å². The second-order valence-electron chi connectivity index (χ2n) is 10.9. The van der Waals surface area contributed by atoms with E-state index >= 15 is 0 Å². The molecule has 0 spiro atoms. The fourth-order valence-corrected chi connectivity index (χ4v) is 6.30. The molecule has 3 amide bonds. The maximum atomic E-state index is 13.7. The standard InChI is InChI=1S/C29H34F3N5O7S/c1-16-13-37(17(2)15-38)27(39)22-7-6-8-23(35-45(41,42)26-18(3)34-44-19(26)4)25(22)43-24(16)14-36(5)28(40)33-21-11-9-20(10-12-21)29(30,31)32/h6-12,16-17,24,35,38H,13-15H2,1-5H3,(H,33,40)/t16-,17+,24-/m1/s1. The molecule has 244 valence electrons. The molecule has 0 saturated heterocycles. The normalized spacial score (nSPS) is 17.9. The number of anilines is 2. The topological polar surface area (TPSA) is 154 Å². The molecule has 45 heavy (non-hydrogen) atoms. The molecule has 2 heterocycles. The lowest BCUT2D eigenvalue weighted by Crippen LogP contribution is -2.50. The van der Waals surface area contributed by atoms with Crippen molar-refractivity contribution >= 4 is 33.3 Å². The van der Waals surface area contributed by atoms with Gasteiger partial charge in [-0.3, -0.25) is 9.52 Å². The van der Waals surface area contributed by atoms with Gasteiger partial charge in [-0.05, 0) is 57.2 Å². The molecule has 3 atom stereocenters. The molecule has 1 aliphatic heterocycles. The zero-order valence-electron chi connectivity index (χ0n) is 25.2. The Hall–Kier alpha value is -4.31. The van der Waals surface area contributed by atoms with E-state index < -0.39 is 51.8 Å². The van der Waals surface area contributed by atoms with Crippen LogP contribution in [0.1, 0.15) is 41.2 Å². The number of carbonyl (C=O) groups excluding carboxylic acids is 2. The van der Waals surface area contributed by atoms with Gasteiger partial charge in [0.15, 0.2) is 16.4 Å². The molecular formula is C29H34F3N5O7S. The monoisotopic (exact) mass is 653 g/mol. The number of benzene rings is 2. The van der Waals surface area contributed by atoms with E-state index in [0.717, 1.165) is 24.3 Å². The minimum absolute atomic E-state index is 0.0306. The number of fused-ring (bicyclic) bond motifs is 1. The minimum Gasteiger partial charge on any atom is -0.485 e. The molecule has 0 saturated carbocycles. The molecule has 0 aliphatic carbocycles. The van der Waals surface area contributed by atoms with Gasteiger partial charge in [0.25, 0.3) is 15.9 Å². The number of aryl methyl sites for hydroxylation is 2. The number of aromatic nitrogens is 1.